The Balaban J connectivity index is 2.09. The van der Waals surface area contributed by atoms with Crippen LogP contribution in [0.1, 0.15) is 27.8 Å². The van der Waals surface area contributed by atoms with E-state index >= 15 is 0 Å². The molecule has 1 amide bonds. The zero-order valence-electron chi connectivity index (χ0n) is 12.8. The first-order chi connectivity index (χ1) is 10.6. The van der Waals surface area contributed by atoms with Gasteiger partial charge < -0.3 is 24.3 Å². The Morgan fingerprint density at radius 2 is 1.95 bits per heavy atom. The Morgan fingerprint density at radius 1 is 1.32 bits per heavy atom. The summed E-state index contributed by atoms with van der Waals surface area (Å²) in [4.78, 5) is 12.2. The number of amides is 1. The molecule has 22 heavy (non-hydrogen) atoms. The van der Waals surface area contributed by atoms with Gasteiger partial charge in [-0.25, -0.2) is 0 Å². The molecule has 2 rings (SSSR count). The number of furan rings is 1. The molecule has 0 saturated heterocycles. The lowest BCUT2D eigenvalue weighted by Crippen LogP contribution is -2.28. The molecule has 0 radical (unpaired) electrons. The lowest BCUT2D eigenvalue weighted by Gasteiger charge is -2.13. The number of benzene rings is 1. The van der Waals surface area contributed by atoms with Gasteiger partial charge in [0.05, 0.1) is 27.0 Å². The molecular formula is C16H19NO5. The molecule has 1 aromatic heterocycles. The van der Waals surface area contributed by atoms with Crippen LogP contribution in [-0.2, 0) is 0 Å². The molecule has 6 nitrogen and oxygen atoms in total. The van der Waals surface area contributed by atoms with Crippen molar-refractivity contribution in [2.75, 3.05) is 20.8 Å². The lowest BCUT2D eigenvalue weighted by molar-refractivity contribution is 0.0900. The van der Waals surface area contributed by atoms with E-state index in [0.29, 0.717) is 22.8 Å². The van der Waals surface area contributed by atoms with Gasteiger partial charge >= 0.3 is 0 Å². The van der Waals surface area contributed by atoms with Crippen LogP contribution < -0.4 is 14.8 Å². The summed E-state index contributed by atoms with van der Waals surface area (Å²) in [5.74, 6) is 1.20. The quantitative estimate of drug-likeness (QED) is 0.854. The molecule has 0 aliphatic rings. The van der Waals surface area contributed by atoms with Crippen LogP contribution in [-0.4, -0.2) is 31.8 Å². The van der Waals surface area contributed by atoms with Crippen molar-refractivity contribution in [3.8, 4) is 11.5 Å². The second kappa shape index (κ2) is 7.00. The summed E-state index contributed by atoms with van der Waals surface area (Å²) in [6.07, 6.45) is 0.573. The summed E-state index contributed by atoms with van der Waals surface area (Å²) in [6.45, 7) is 1.89. The number of carbonyl (C=O) groups excluding carboxylic acids is 1. The average Bonchev–Trinajstić information content (AvgIpc) is 3.07. The second-order valence-corrected chi connectivity index (χ2v) is 4.75. The van der Waals surface area contributed by atoms with Crippen LogP contribution in [0.25, 0.3) is 0 Å². The predicted octanol–water partition coefficient (Wildman–Crippen LogP) is 2.07. The average molecular weight is 305 g/mol. The number of ether oxygens (including phenoxy) is 2. The highest BCUT2D eigenvalue weighted by atomic mass is 16.5. The fourth-order valence-electron chi connectivity index (χ4n) is 2.09. The standard InChI is InChI=1S/C16H19NO5/c1-10-14(20-2)7-11(8-15(10)21-3)16(19)17-9-12(18)13-5-4-6-22-13/h4-8,12,18H,9H2,1-3H3,(H,17,19). The molecule has 118 valence electrons. The van der Waals surface area contributed by atoms with Crippen LogP contribution in [0.15, 0.2) is 34.9 Å². The number of aliphatic hydroxyl groups excluding tert-OH is 1. The van der Waals surface area contributed by atoms with E-state index in [-0.39, 0.29) is 12.5 Å². The first-order valence-electron chi connectivity index (χ1n) is 6.79. The van der Waals surface area contributed by atoms with E-state index in [2.05, 4.69) is 5.32 Å². The van der Waals surface area contributed by atoms with Crippen molar-refractivity contribution in [1.82, 2.24) is 5.32 Å². The molecule has 0 spiro atoms. The van der Waals surface area contributed by atoms with Crippen molar-refractivity contribution >= 4 is 5.91 Å². The van der Waals surface area contributed by atoms with Gasteiger partial charge in [0.2, 0.25) is 0 Å². The van der Waals surface area contributed by atoms with Gasteiger partial charge in [0.15, 0.2) is 0 Å². The van der Waals surface area contributed by atoms with Crippen molar-refractivity contribution in [2.24, 2.45) is 0 Å². The van der Waals surface area contributed by atoms with Gasteiger partial charge in [0.1, 0.15) is 23.4 Å². The van der Waals surface area contributed by atoms with Gasteiger partial charge in [-0.1, -0.05) is 0 Å². The topological polar surface area (TPSA) is 80.9 Å². The van der Waals surface area contributed by atoms with Crippen LogP contribution in [0.3, 0.4) is 0 Å². The SMILES string of the molecule is COc1cc(C(=O)NCC(O)c2ccco2)cc(OC)c1C. The summed E-state index contributed by atoms with van der Waals surface area (Å²) in [5, 5.41) is 12.5. The molecule has 6 heteroatoms. The van der Waals surface area contributed by atoms with Crippen LogP contribution >= 0.6 is 0 Å². The van der Waals surface area contributed by atoms with Crippen molar-refractivity contribution in [2.45, 2.75) is 13.0 Å². The molecule has 2 N–H and O–H groups in total. The van der Waals surface area contributed by atoms with E-state index < -0.39 is 6.10 Å². The number of rotatable bonds is 6. The number of hydrogen-bond donors (Lipinski definition) is 2. The minimum Gasteiger partial charge on any atom is -0.496 e. The van der Waals surface area contributed by atoms with E-state index in [9.17, 15) is 9.90 Å². The monoisotopic (exact) mass is 305 g/mol. The van der Waals surface area contributed by atoms with Crippen molar-refractivity contribution < 1.29 is 23.8 Å². The molecule has 1 aromatic carbocycles. The van der Waals surface area contributed by atoms with E-state index in [1.807, 2.05) is 6.92 Å². The van der Waals surface area contributed by atoms with Gasteiger partial charge in [0, 0.05) is 11.1 Å². The first kappa shape index (κ1) is 15.9. The largest absolute Gasteiger partial charge is 0.496 e. The highest BCUT2D eigenvalue weighted by molar-refractivity contribution is 5.95. The van der Waals surface area contributed by atoms with E-state index in [1.54, 1.807) is 24.3 Å². The maximum atomic E-state index is 12.2. The third-order valence-electron chi connectivity index (χ3n) is 3.34. The maximum Gasteiger partial charge on any atom is 0.251 e. The summed E-state index contributed by atoms with van der Waals surface area (Å²) in [6, 6.07) is 6.59. The Labute approximate surface area is 128 Å². The molecule has 0 aliphatic heterocycles. The fourth-order valence-corrected chi connectivity index (χ4v) is 2.09. The lowest BCUT2D eigenvalue weighted by atomic mass is 10.1. The Kier molecular flexibility index (Phi) is 5.06. The van der Waals surface area contributed by atoms with E-state index in [0.717, 1.165) is 5.56 Å². The Bertz CT molecular complexity index is 611. The van der Waals surface area contributed by atoms with E-state index in [1.165, 1.54) is 20.5 Å². The third-order valence-corrected chi connectivity index (χ3v) is 3.34. The Hall–Kier alpha value is -2.47. The highest BCUT2D eigenvalue weighted by Gasteiger charge is 2.16. The number of nitrogens with one attached hydrogen (secondary N) is 1. The van der Waals surface area contributed by atoms with E-state index in [4.69, 9.17) is 13.9 Å². The molecule has 1 atom stereocenters. The summed E-state index contributed by atoms with van der Waals surface area (Å²) >= 11 is 0. The number of methoxy groups -OCH3 is 2. The van der Waals surface area contributed by atoms with Crippen LogP contribution in [0.5, 0.6) is 11.5 Å². The maximum absolute atomic E-state index is 12.2. The van der Waals surface area contributed by atoms with Crippen LogP contribution in [0.2, 0.25) is 0 Å². The molecule has 0 fully saturated rings. The molecule has 1 heterocycles. The van der Waals surface area contributed by atoms with Crippen molar-refractivity contribution in [3.63, 3.8) is 0 Å². The van der Waals surface area contributed by atoms with Gasteiger partial charge in [0.25, 0.3) is 5.91 Å². The second-order valence-electron chi connectivity index (χ2n) is 4.75. The van der Waals surface area contributed by atoms with Crippen molar-refractivity contribution in [3.05, 3.63) is 47.4 Å². The summed E-state index contributed by atoms with van der Waals surface area (Å²) in [5.41, 5.74) is 1.21. The predicted molar refractivity (Wildman–Crippen MR) is 80.3 cm³/mol. The van der Waals surface area contributed by atoms with Gasteiger partial charge in [-0.15, -0.1) is 0 Å². The third kappa shape index (κ3) is 3.40. The minimum absolute atomic E-state index is 0.0465. The zero-order valence-corrected chi connectivity index (χ0v) is 12.8. The zero-order chi connectivity index (χ0) is 16.1. The number of aliphatic hydroxyl groups is 1. The highest BCUT2D eigenvalue weighted by Crippen LogP contribution is 2.29. The molecule has 0 bridgehead atoms. The molecular weight excluding hydrogens is 286 g/mol. The Morgan fingerprint density at radius 3 is 2.45 bits per heavy atom. The smallest absolute Gasteiger partial charge is 0.251 e. The first-order valence-corrected chi connectivity index (χ1v) is 6.79. The van der Waals surface area contributed by atoms with Gasteiger partial charge in [-0.05, 0) is 31.2 Å². The molecule has 1 unspecified atom stereocenters. The molecule has 0 aliphatic carbocycles. The molecule has 2 aromatic rings. The minimum atomic E-state index is -0.895. The van der Waals surface area contributed by atoms with Crippen molar-refractivity contribution in [1.29, 1.82) is 0 Å². The number of hydrogen-bond acceptors (Lipinski definition) is 5. The van der Waals surface area contributed by atoms with Gasteiger partial charge in [-0.2, -0.15) is 0 Å². The van der Waals surface area contributed by atoms with Crippen LogP contribution in [0.4, 0.5) is 0 Å². The number of carbonyl (C=O) groups is 1. The fraction of sp³-hybridized carbons (Fsp3) is 0.312. The van der Waals surface area contributed by atoms with Gasteiger partial charge in [-0.3, -0.25) is 4.79 Å². The molecule has 0 saturated carbocycles. The summed E-state index contributed by atoms with van der Waals surface area (Å²) < 4.78 is 15.6. The van der Waals surface area contributed by atoms with Crippen LogP contribution in [0, 0.1) is 6.92 Å². The normalized spacial score (nSPS) is 11.8. The summed E-state index contributed by atoms with van der Waals surface area (Å²) in [7, 11) is 3.06.